The van der Waals surface area contributed by atoms with E-state index >= 15 is 0 Å². The normalized spacial score (nSPS) is 14.3. The SMILES string of the molecule is N#Cc1ccc(N2CCN(c3ccc(O)cc3)CC2)c([N+](=O)[O-])c1. The van der Waals surface area contributed by atoms with Gasteiger partial charge in [0.15, 0.2) is 0 Å². The van der Waals surface area contributed by atoms with Crippen molar-refractivity contribution in [3.63, 3.8) is 0 Å². The second-order valence-electron chi connectivity index (χ2n) is 5.56. The molecule has 2 aromatic carbocycles. The van der Waals surface area contributed by atoms with Crippen molar-refractivity contribution in [3.05, 3.63) is 58.1 Å². The van der Waals surface area contributed by atoms with E-state index in [2.05, 4.69) is 4.90 Å². The van der Waals surface area contributed by atoms with Crippen molar-refractivity contribution in [2.24, 2.45) is 0 Å². The molecule has 0 aliphatic carbocycles. The molecule has 1 fully saturated rings. The molecule has 2 aromatic rings. The van der Waals surface area contributed by atoms with Gasteiger partial charge in [0, 0.05) is 37.9 Å². The summed E-state index contributed by atoms with van der Waals surface area (Å²) in [5, 5.41) is 29.6. The number of rotatable bonds is 3. The summed E-state index contributed by atoms with van der Waals surface area (Å²) in [7, 11) is 0. The Morgan fingerprint density at radius 3 is 2.25 bits per heavy atom. The van der Waals surface area contributed by atoms with Gasteiger partial charge in [0.2, 0.25) is 0 Å². The summed E-state index contributed by atoms with van der Waals surface area (Å²) in [6, 6.07) is 13.5. The van der Waals surface area contributed by atoms with Crippen LogP contribution in [0.3, 0.4) is 0 Å². The van der Waals surface area contributed by atoms with Crippen molar-refractivity contribution in [1.82, 2.24) is 0 Å². The third-order valence-electron chi connectivity index (χ3n) is 4.14. The number of hydrogen-bond acceptors (Lipinski definition) is 6. The number of nitrogens with zero attached hydrogens (tertiary/aromatic N) is 4. The smallest absolute Gasteiger partial charge is 0.293 e. The maximum atomic E-state index is 11.3. The fourth-order valence-electron chi connectivity index (χ4n) is 2.88. The summed E-state index contributed by atoms with van der Waals surface area (Å²) < 4.78 is 0. The predicted octanol–water partition coefficient (Wildman–Crippen LogP) is 2.50. The molecule has 1 aliphatic rings. The number of phenols is 1. The molecule has 1 aliphatic heterocycles. The molecule has 0 bridgehead atoms. The topological polar surface area (TPSA) is 93.6 Å². The van der Waals surface area contributed by atoms with E-state index in [0.29, 0.717) is 18.8 Å². The van der Waals surface area contributed by atoms with Crippen molar-refractivity contribution in [2.75, 3.05) is 36.0 Å². The zero-order valence-corrected chi connectivity index (χ0v) is 12.9. The van der Waals surface area contributed by atoms with Crippen LogP contribution in [0.4, 0.5) is 17.1 Å². The van der Waals surface area contributed by atoms with Gasteiger partial charge in [-0.15, -0.1) is 0 Å². The Morgan fingerprint density at radius 1 is 1.04 bits per heavy atom. The number of phenolic OH excluding ortho intramolecular Hbond substituents is 1. The lowest BCUT2D eigenvalue weighted by Crippen LogP contribution is -2.46. The summed E-state index contributed by atoms with van der Waals surface area (Å²) >= 11 is 0. The zero-order valence-electron chi connectivity index (χ0n) is 12.9. The lowest BCUT2D eigenvalue weighted by Gasteiger charge is -2.37. The lowest BCUT2D eigenvalue weighted by molar-refractivity contribution is -0.384. The molecule has 122 valence electrons. The van der Waals surface area contributed by atoms with Gasteiger partial charge >= 0.3 is 0 Å². The molecule has 1 N–H and O–H groups in total. The number of anilines is 2. The summed E-state index contributed by atoms with van der Waals surface area (Å²) in [6.45, 7) is 2.74. The van der Waals surface area contributed by atoms with Crippen molar-refractivity contribution >= 4 is 17.1 Å². The second kappa shape index (κ2) is 6.46. The molecule has 1 saturated heterocycles. The van der Waals surface area contributed by atoms with Crippen molar-refractivity contribution in [1.29, 1.82) is 5.26 Å². The standard InChI is InChI=1S/C17H16N4O3/c18-12-13-1-6-16(17(11-13)21(23)24)20-9-7-19(8-10-20)14-2-4-15(22)5-3-14/h1-6,11,22H,7-10H2. The van der Waals surface area contributed by atoms with E-state index in [1.165, 1.54) is 6.07 Å². The highest BCUT2D eigenvalue weighted by Gasteiger charge is 2.24. The van der Waals surface area contributed by atoms with Crippen molar-refractivity contribution in [2.45, 2.75) is 0 Å². The molecule has 0 amide bonds. The van der Waals surface area contributed by atoms with Gasteiger partial charge in [-0.25, -0.2) is 0 Å². The van der Waals surface area contributed by atoms with Crippen molar-refractivity contribution < 1.29 is 10.0 Å². The van der Waals surface area contributed by atoms with Crippen LogP contribution in [0.15, 0.2) is 42.5 Å². The molecule has 0 aromatic heterocycles. The Labute approximate surface area is 139 Å². The zero-order chi connectivity index (χ0) is 17.1. The Hall–Kier alpha value is -3.27. The third kappa shape index (κ3) is 3.08. The monoisotopic (exact) mass is 324 g/mol. The molecular weight excluding hydrogens is 308 g/mol. The van der Waals surface area contributed by atoms with Crippen LogP contribution in [0.5, 0.6) is 5.75 Å². The van der Waals surface area contributed by atoms with Gasteiger partial charge < -0.3 is 14.9 Å². The van der Waals surface area contributed by atoms with Crippen LogP contribution < -0.4 is 9.80 Å². The highest BCUT2D eigenvalue weighted by molar-refractivity contribution is 5.66. The van der Waals surface area contributed by atoms with Gasteiger partial charge in [-0.3, -0.25) is 10.1 Å². The molecule has 3 rings (SSSR count). The maximum Gasteiger partial charge on any atom is 0.293 e. The molecule has 0 unspecified atom stereocenters. The fourth-order valence-corrected chi connectivity index (χ4v) is 2.88. The largest absolute Gasteiger partial charge is 0.508 e. The van der Waals surface area contributed by atoms with E-state index in [-0.39, 0.29) is 17.0 Å². The fraction of sp³-hybridized carbons (Fsp3) is 0.235. The Balaban J connectivity index is 1.76. The molecule has 0 saturated carbocycles. The molecule has 1 heterocycles. The number of benzene rings is 2. The minimum atomic E-state index is -0.442. The number of nitro groups is 1. The lowest BCUT2D eigenvalue weighted by atomic mass is 10.1. The van der Waals surface area contributed by atoms with Crippen LogP contribution in [-0.2, 0) is 0 Å². The summed E-state index contributed by atoms with van der Waals surface area (Å²) in [5.41, 5.74) is 1.81. The predicted molar refractivity (Wildman–Crippen MR) is 90.3 cm³/mol. The quantitative estimate of drug-likeness (QED) is 0.688. The maximum absolute atomic E-state index is 11.3. The Kier molecular flexibility index (Phi) is 4.20. The van der Waals surface area contributed by atoms with Crippen LogP contribution in [0.1, 0.15) is 5.56 Å². The first-order chi connectivity index (χ1) is 11.6. The van der Waals surface area contributed by atoms with Crippen molar-refractivity contribution in [3.8, 4) is 11.8 Å². The van der Waals surface area contributed by atoms with E-state index in [9.17, 15) is 15.2 Å². The Bertz CT molecular complexity index is 790. The number of nitriles is 1. The number of piperazine rings is 1. The molecule has 0 radical (unpaired) electrons. The highest BCUT2D eigenvalue weighted by Crippen LogP contribution is 2.30. The van der Waals surface area contributed by atoms with Gasteiger partial charge in [0.05, 0.1) is 16.6 Å². The van der Waals surface area contributed by atoms with Crippen LogP contribution in [0.2, 0.25) is 0 Å². The molecule has 0 spiro atoms. The molecule has 24 heavy (non-hydrogen) atoms. The van der Waals surface area contributed by atoms with E-state index in [1.54, 1.807) is 24.3 Å². The summed E-state index contributed by atoms with van der Waals surface area (Å²) in [5.74, 6) is 0.227. The van der Waals surface area contributed by atoms with Gasteiger partial charge in [-0.05, 0) is 36.4 Å². The van der Waals surface area contributed by atoms with Gasteiger partial charge in [0.25, 0.3) is 5.69 Å². The number of aromatic hydroxyl groups is 1. The minimum Gasteiger partial charge on any atom is -0.508 e. The first-order valence-corrected chi connectivity index (χ1v) is 7.56. The third-order valence-corrected chi connectivity index (χ3v) is 4.14. The van der Waals surface area contributed by atoms with E-state index in [1.807, 2.05) is 23.1 Å². The highest BCUT2D eigenvalue weighted by atomic mass is 16.6. The molecule has 7 heteroatoms. The Morgan fingerprint density at radius 2 is 1.67 bits per heavy atom. The number of nitro benzene ring substituents is 1. The summed E-state index contributed by atoms with van der Waals surface area (Å²) in [6.07, 6.45) is 0. The van der Waals surface area contributed by atoms with E-state index < -0.39 is 4.92 Å². The van der Waals surface area contributed by atoms with Gasteiger partial charge in [0.1, 0.15) is 11.4 Å². The molecule has 0 atom stereocenters. The first kappa shape index (κ1) is 15.6. The minimum absolute atomic E-state index is 0.0351. The van der Waals surface area contributed by atoms with Crippen LogP contribution >= 0.6 is 0 Å². The average molecular weight is 324 g/mol. The van der Waals surface area contributed by atoms with E-state index in [4.69, 9.17) is 5.26 Å². The molecule has 7 nitrogen and oxygen atoms in total. The van der Waals surface area contributed by atoms with Crippen LogP contribution in [0, 0.1) is 21.4 Å². The van der Waals surface area contributed by atoms with Gasteiger partial charge in [-0.2, -0.15) is 5.26 Å². The first-order valence-electron chi connectivity index (χ1n) is 7.56. The van der Waals surface area contributed by atoms with Gasteiger partial charge in [-0.1, -0.05) is 0 Å². The average Bonchev–Trinajstić information content (AvgIpc) is 2.62. The number of hydrogen-bond donors (Lipinski definition) is 1. The van der Waals surface area contributed by atoms with Crippen LogP contribution in [-0.4, -0.2) is 36.2 Å². The second-order valence-corrected chi connectivity index (χ2v) is 5.56. The molecular formula is C17H16N4O3. The summed E-state index contributed by atoms with van der Waals surface area (Å²) in [4.78, 5) is 15.0. The van der Waals surface area contributed by atoms with Crippen LogP contribution in [0.25, 0.3) is 0 Å². The van der Waals surface area contributed by atoms with E-state index in [0.717, 1.165) is 18.8 Å².